The lowest BCUT2D eigenvalue weighted by Gasteiger charge is -2.37. The summed E-state index contributed by atoms with van der Waals surface area (Å²) >= 11 is 0. The summed E-state index contributed by atoms with van der Waals surface area (Å²) in [6.07, 6.45) is 8.03. The van der Waals surface area contributed by atoms with Crippen LogP contribution < -0.4 is 20.1 Å². The molecule has 0 saturated heterocycles. The molecule has 0 bridgehead atoms. The Kier molecular flexibility index (Phi) is 8.85. The molecule has 13 heteroatoms. The number of carbonyl (C=O) groups excluding carboxylic acids is 1. The molecule has 2 aromatic heterocycles. The molecular weight excluding hydrogens is 536 g/mol. The molecule has 2 heterocycles. The van der Waals surface area contributed by atoms with Crippen molar-refractivity contribution in [2.75, 3.05) is 44.0 Å². The van der Waals surface area contributed by atoms with Crippen molar-refractivity contribution in [1.82, 2.24) is 24.6 Å². The van der Waals surface area contributed by atoms with Gasteiger partial charge in [0, 0.05) is 36.8 Å². The maximum atomic E-state index is 13.9. The molecule has 1 aliphatic carbocycles. The van der Waals surface area contributed by atoms with Crippen LogP contribution in [0.3, 0.4) is 0 Å². The third-order valence-electron chi connectivity index (χ3n) is 6.96. The second-order valence-electron chi connectivity index (χ2n) is 9.64. The number of carbonyl (C=O) groups is 1. The molecule has 0 aliphatic heterocycles. The fourth-order valence-corrected chi connectivity index (χ4v) is 4.65. The van der Waals surface area contributed by atoms with Crippen LogP contribution in [-0.4, -0.2) is 75.1 Å². The van der Waals surface area contributed by atoms with E-state index in [-0.39, 0.29) is 18.8 Å². The van der Waals surface area contributed by atoms with Crippen molar-refractivity contribution >= 4 is 34.0 Å². The number of aliphatic hydroxyl groups is 1. The van der Waals surface area contributed by atoms with Crippen LogP contribution in [-0.2, 0) is 11.3 Å². The number of aromatic nitrogens is 4. The van der Waals surface area contributed by atoms with Gasteiger partial charge >= 0.3 is 0 Å². The summed E-state index contributed by atoms with van der Waals surface area (Å²) in [5.41, 5.74) is 0.938. The van der Waals surface area contributed by atoms with E-state index in [4.69, 9.17) is 9.47 Å². The Bertz CT molecular complexity index is 1510. The number of aliphatic hydroxyl groups excluding tert-OH is 1. The van der Waals surface area contributed by atoms with Crippen LogP contribution in [0.25, 0.3) is 10.9 Å². The Morgan fingerprint density at radius 1 is 1.20 bits per heavy atom. The number of nitrogens with zero attached hydrogens (tertiary/aromatic N) is 5. The molecule has 1 fully saturated rings. The number of anilines is 3. The third kappa shape index (κ3) is 6.69. The zero-order valence-electron chi connectivity index (χ0n) is 22.5. The van der Waals surface area contributed by atoms with E-state index in [1.807, 2.05) is 0 Å². The lowest BCUT2D eigenvalue weighted by Crippen LogP contribution is -2.43. The van der Waals surface area contributed by atoms with Crippen molar-refractivity contribution in [3.05, 3.63) is 60.7 Å². The van der Waals surface area contributed by atoms with Crippen LogP contribution in [0.1, 0.15) is 19.3 Å². The summed E-state index contributed by atoms with van der Waals surface area (Å²) in [4.78, 5) is 23.3. The minimum Gasteiger partial charge on any atom is -0.493 e. The molecule has 0 radical (unpaired) electrons. The van der Waals surface area contributed by atoms with Gasteiger partial charge in [0.15, 0.2) is 23.1 Å². The average Bonchev–Trinajstić information content (AvgIpc) is 3.36. The van der Waals surface area contributed by atoms with Gasteiger partial charge in [0.2, 0.25) is 5.91 Å². The smallest absolute Gasteiger partial charge is 0.246 e. The van der Waals surface area contributed by atoms with Crippen molar-refractivity contribution in [2.24, 2.45) is 0 Å². The Morgan fingerprint density at radius 3 is 2.80 bits per heavy atom. The van der Waals surface area contributed by atoms with Gasteiger partial charge in [-0.2, -0.15) is 5.10 Å². The topological polar surface area (TPSA) is 127 Å². The number of nitrogens with one attached hydrogen (secondary N) is 2. The Morgan fingerprint density at radius 2 is 2.05 bits per heavy atom. The molecule has 41 heavy (non-hydrogen) atoms. The van der Waals surface area contributed by atoms with Crippen molar-refractivity contribution < 1.29 is 28.2 Å². The van der Waals surface area contributed by atoms with Gasteiger partial charge in [-0.1, -0.05) is 12.5 Å². The first kappa shape index (κ1) is 28.2. The zero-order valence-corrected chi connectivity index (χ0v) is 22.5. The first-order valence-electron chi connectivity index (χ1n) is 13.3. The third-order valence-corrected chi connectivity index (χ3v) is 6.96. The van der Waals surface area contributed by atoms with Crippen LogP contribution in [0.2, 0.25) is 0 Å². The maximum absolute atomic E-state index is 13.9. The highest BCUT2D eigenvalue weighted by Gasteiger charge is 2.24. The number of fused-ring (bicyclic) bond motifs is 1. The molecule has 0 atom stereocenters. The summed E-state index contributed by atoms with van der Waals surface area (Å²) < 4.78 is 40.3. The fraction of sp³-hybridized carbons (Fsp3) is 0.357. The van der Waals surface area contributed by atoms with Crippen LogP contribution in [0.4, 0.5) is 26.0 Å². The molecule has 1 aliphatic rings. The quantitative estimate of drug-likeness (QED) is 0.222. The number of amides is 1. The molecule has 216 valence electrons. The van der Waals surface area contributed by atoms with Gasteiger partial charge in [-0.25, -0.2) is 18.7 Å². The largest absolute Gasteiger partial charge is 0.493 e. The van der Waals surface area contributed by atoms with Crippen molar-refractivity contribution in [2.45, 2.75) is 31.8 Å². The monoisotopic (exact) mass is 567 g/mol. The highest BCUT2D eigenvalue weighted by Crippen LogP contribution is 2.35. The highest BCUT2D eigenvalue weighted by molar-refractivity contribution is 5.93. The molecule has 2 aromatic carbocycles. The van der Waals surface area contributed by atoms with Gasteiger partial charge in [-0.3, -0.25) is 14.4 Å². The summed E-state index contributed by atoms with van der Waals surface area (Å²) in [5, 5.41) is 19.8. The molecule has 4 aromatic rings. The predicted molar refractivity (Wildman–Crippen MR) is 148 cm³/mol. The van der Waals surface area contributed by atoms with E-state index in [0.29, 0.717) is 59.6 Å². The first-order valence-corrected chi connectivity index (χ1v) is 13.3. The number of ether oxygens (including phenoxy) is 2. The molecule has 3 N–H and O–H groups in total. The van der Waals surface area contributed by atoms with Gasteiger partial charge < -0.3 is 25.2 Å². The van der Waals surface area contributed by atoms with E-state index < -0.39 is 17.5 Å². The van der Waals surface area contributed by atoms with Crippen molar-refractivity contribution in [3.63, 3.8) is 0 Å². The first-order chi connectivity index (χ1) is 19.9. The minimum atomic E-state index is -1.12. The number of rotatable bonds is 13. The minimum absolute atomic E-state index is 0.115. The lowest BCUT2D eigenvalue weighted by atomic mass is 9.91. The average molecular weight is 568 g/mol. The van der Waals surface area contributed by atoms with Crippen LogP contribution in [0, 0.1) is 11.6 Å². The van der Waals surface area contributed by atoms with Gasteiger partial charge in [0.25, 0.3) is 0 Å². The summed E-state index contributed by atoms with van der Waals surface area (Å²) in [6, 6.07) is 7.64. The van der Waals surface area contributed by atoms with Crippen molar-refractivity contribution in [1.29, 1.82) is 0 Å². The SMILES string of the molecule is COc1cc2c(Nc3cnn(CC(=O)Nc4cccc(F)c4F)c3)ncnc2cc1OCCN(CCO)C1CCC1. The van der Waals surface area contributed by atoms with E-state index in [2.05, 4.69) is 30.6 Å². The van der Waals surface area contributed by atoms with E-state index >= 15 is 0 Å². The van der Waals surface area contributed by atoms with E-state index in [1.54, 1.807) is 25.4 Å². The second kappa shape index (κ2) is 12.9. The summed E-state index contributed by atoms with van der Waals surface area (Å²) in [6.45, 7) is 1.66. The number of hydrogen-bond donors (Lipinski definition) is 3. The molecule has 11 nitrogen and oxygen atoms in total. The number of hydrogen-bond acceptors (Lipinski definition) is 9. The molecule has 1 amide bonds. The molecular formula is C28H31F2N7O4. The lowest BCUT2D eigenvalue weighted by molar-refractivity contribution is -0.116. The van der Waals surface area contributed by atoms with Gasteiger partial charge in [0.05, 0.1) is 36.8 Å². The Balaban J connectivity index is 1.25. The maximum Gasteiger partial charge on any atom is 0.246 e. The standard InChI is InChI=1S/C28H31F2N7O4/c1-40-24-12-20-23(13-25(24)41-11-9-36(8-10-38)19-4-2-5-19)31-17-32-28(20)34-18-14-33-37(15-18)16-26(39)35-22-7-3-6-21(29)27(22)30/h3,6-7,12-15,17,19,38H,2,4-5,8-11,16H2,1H3,(H,35,39)(H,31,32,34). The van der Waals surface area contributed by atoms with E-state index in [9.17, 15) is 18.7 Å². The second-order valence-corrected chi connectivity index (χ2v) is 9.64. The zero-order chi connectivity index (χ0) is 28.8. The van der Waals surface area contributed by atoms with Crippen molar-refractivity contribution in [3.8, 4) is 11.5 Å². The Labute approximate surface area is 235 Å². The summed E-state index contributed by atoms with van der Waals surface area (Å²) in [5.74, 6) is -1.18. The predicted octanol–water partition coefficient (Wildman–Crippen LogP) is 3.72. The molecule has 5 rings (SSSR count). The van der Waals surface area contributed by atoms with Gasteiger partial charge in [0.1, 0.15) is 25.3 Å². The van der Waals surface area contributed by atoms with Gasteiger partial charge in [-0.15, -0.1) is 0 Å². The van der Waals surface area contributed by atoms with Crippen LogP contribution >= 0.6 is 0 Å². The van der Waals surface area contributed by atoms with E-state index in [0.717, 1.165) is 18.9 Å². The number of methoxy groups -OCH3 is 1. The summed E-state index contributed by atoms with van der Waals surface area (Å²) in [7, 11) is 1.56. The van der Waals surface area contributed by atoms with Crippen LogP contribution in [0.15, 0.2) is 49.1 Å². The molecule has 0 unspecified atom stereocenters. The normalized spacial score (nSPS) is 13.3. The molecule has 1 saturated carbocycles. The van der Waals surface area contributed by atoms with E-state index in [1.165, 1.54) is 35.8 Å². The fourth-order valence-electron chi connectivity index (χ4n) is 4.65. The Hall–Kier alpha value is -4.36. The van der Waals surface area contributed by atoms with Gasteiger partial charge in [-0.05, 0) is 31.0 Å². The molecule has 0 spiro atoms. The number of halogens is 2. The number of benzene rings is 2. The highest BCUT2D eigenvalue weighted by atomic mass is 19.2. The van der Waals surface area contributed by atoms with Crippen LogP contribution in [0.5, 0.6) is 11.5 Å².